The van der Waals surface area contributed by atoms with Crippen LogP contribution in [-0.2, 0) is 6.54 Å². The fourth-order valence-electron chi connectivity index (χ4n) is 2.68. The zero-order chi connectivity index (χ0) is 18.5. The van der Waals surface area contributed by atoms with Crippen LogP contribution in [-0.4, -0.2) is 36.7 Å². The Morgan fingerprint density at radius 3 is 2.65 bits per heavy atom. The zero-order valence-corrected chi connectivity index (χ0v) is 15.6. The summed E-state index contributed by atoms with van der Waals surface area (Å²) in [5.41, 5.74) is 1.80. The predicted molar refractivity (Wildman–Crippen MR) is 101 cm³/mol. The quantitative estimate of drug-likeness (QED) is 0.694. The van der Waals surface area contributed by atoms with E-state index >= 15 is 0 Å². The first-order chi connectivity index (χ1) is 12.6. The highest BCUT2D eigenvalue weighted by Crippen LogP contribution is 2.25. The van der Waals surface area contributed by atoms with Crippen molar-refractivity contribution in [3.8, 4) is 5.75 Å². The van der Waals surface area contributed by atoms with Gasteiger partial charge < -0.3 is 15.4 Å². The van der Waals surface area contributed by atoms with Crippen LogP contribution >= 0.6 is 11.3 Å². The van der Waals surface area contributed by atoms with Crippen LogP contribution in [0.4, 0.5) is 0 Å². The molecule has 3 rings (SSSR count). The number of fused-ring (bicyclic) bond motifs is 1. The van der Waals surface area contributed by atoms with Crippen molar-refractivity contribution < 1.29 is 14.3 Å². The Labute approximate surface area is 156 Å². The summed E-state index contributed by atoms with van der Waals surface area (Å²) in [6.07, 6.45) is 2.21. The summed E-state index contributed by atoms with van der Waals surface area (Å²) >= 11 is 1.27. The van der Waals surface area contributed by atoms with Crippen LogP contribution in [0.3, 0.4) is 0 Å². The second-order valence-electron chi connectivity index (χ2n) is 5.97. The Kier molecular flexibility index (Phi) is 5.80. The number of allylic oxidation sites excluding steroid dienone is 2. The van der Waals surface area contributed by atoms with Crippen LogP contribution in [0.15, 0.2) is 36.0 Å². The van der Waals surface area contributed by atoms with E-state index < -0.39 is 0 Å². The summed E-state index contributed by atoms with van der Waals surface area (Å²) < 4.78 is 5.13. The molecule has 6 nitrogen and oxygen atoms in total. The lowest BCUT2D eigenvalue weighted by atomic mass is 10.0. The van der Waals surface area contributed by atoms with Gasteiger partial charge in [-0.1, -0.05) is 12.1 Å². The minimum atomic E-state index is -0.199. The van der Waals surface area contributed by atoms with Gasteiger partial charge in [-0.3, -0.25) is 9.59 Å². The highest BCUT2D eigenvalue weighted by molar-refractivity contribution is 7.14. The van der Waals surface area contributed by atoms with Crippen molar-refractivity contribution in [2.24, 2.45) is 0 Å². The minimum Gasteiger partial charge on any atom is -0.497 e. The molecule has 1 heterocycles. The number of nitrogens with zero attached hydrogens (tertiary/aromatic N) is 1. The second kappa shape index (κ2) is 8.25. The third kappa shape index (κ3) is 4.17. The van der Waals surface area contributed by atoms with Crippen molar-refractivity contribution >= 4 is 22.9 Å². The number of thiazole rings is 1. The van der Waals surface area contributed by atoms with E-state index in [0.717, 1.165) is 30.3 Å². The van der Waals surface area contributed by atoms with Gasteiger partial charge in [0.25, 0.3) is 0 Å². The lowest BCUT2D eigenvalue weighted by Gasteiger charge is -2.13. The number of Topliss-reactive ketones (excluding diaryl/α,β-unsaturated/α-hetero) is 1. The number of aromatic nitrogens is 1. The van der Waals surface area contributed by atoms with Crippen LogP contribution < -0.4 is 15.4 Å². The molecule has 136 valence electrons. The van der Waals surface area contributed by atoms with Crippen molar-refractivity contribution in [2.75, 3.05) is 20.2 Å². The van der Waals surface area contributed by atoms with Crippen molar-refractivity contribution in [3.63, 3.8) is 0 Å². The Bertz CT molecular complexity index is 840. The molecule has 7 heteroatoms. The van der Waals surface area contributed by atoms with E-state index in [1.54, 1.807) is 14.0 Å². The van der Waals surface area contributed by atoms with E-state index in [1.165, 1.54) is 23.0 Å². The summed E-state index contributed by atoms with van der Waals surface area (Å²) in [4.78, 5) is 29.1. The molecule has 1 aliphatic carbocycles. The van der Waals surface area contributed by atoms with Gasteiger partial charge >= 0.3 is 0 Å². The van der Waals surface area contributed by atoms with Crippen LogP contribution in [0, 0.1) is 6.92 Å². The molecule has 0 atom stereocenters. The number of hydrogen-bond acceptors (Lipinski definition) is 7. The predicted octanol–water partition coefficient (Wildman–Crippen LogP) is 2.49. The molecule has 0 saturated heterocycles. The maximum absolute atomic E-state index is 12.4. The molecule has 0 unspecified atom stereocenters. The lowest BCUT2D eigenvalue weighted by Crippen LogP contribution is -2.28. The SMILES string of the molecule is COc1ccc(CNCCCNC2=CC(=O)c3sc(C)nc3C2=O)cc1. The number of carbonyl (C=O) groups excluding carboxylic acids is 2. The molecule has 2 aromatic rings. The number of aryl methyl sites for hydroxylation is 1. The van der Waals surface area contributed by atoms with Gasteiger partial charge in [0.2, 0.25) is 5.78 Å². The monoisotopic (exact) mass is 371 g/mol. The van der Waals surface area contributed by atoms with E-state index in [1.807, 2.05) is 24.3 Å². The van der Waals surface area contributed by atoms with E-state index in [-0.39, 0.29) is 17.3 Å². The minimum absolute atomic E-state index is 0.148. The Hall–Kier alpha value is -2.51. The number of ketones is 2. The number of ether oxygens (including phenoxy) is 1. The molecule has 2 N–H and O–H groups in total. The largest absolute Gasteiger partial charge is 0.497 e. The van der Waals surface area contributed by atoms with E-state index in [2.05, 4.69) is 15.6 Å². The van der Waals surface area contributed by atoms with Crippen molar-refractivity contribution in [2.45, 2.75) is 19.9 Å². The maximum Gasteiger partial charge on any atom is 0.228 e. The summed E-state index contributed by atoms with van der Waals surface area (Å²) in [7, 11) is 1.65. The first-order valence-corrected chi connectivity index (χ1v) is 9.26. The third-order valence-electron chi connectivity index (χ3n) is 4.03. The molecule has 0 radical (unpaired) electrons. The maximum atomic E-state index is 12.4. The fourth-order valence-corrected chi connectivity index (χ4v) is 3.51. The number of benzene rings is 1. The van der Waals surface area contributed by atoms with E-state index in [0.29, 0.717) is 17.1 Å². The highest BCUT2D eigenvalue weighted by Gasteiger charge is 2.29. The molecule has 0 aliphatic heterocycles. The first-order valence-electron chi connectivity index (χ1n) is 8.44. The van der Waals surface area contributed by atoms with Gasteiger partial charge in [-0.05, 0) is 37.6 Å². The van der Waals surface area contributed by atoms with Gasteiger partial charge in [-0.2, -0.15) is 0 Å². The fraction of sp³-hybridized carbons (Fsp3) is 0.316. The molecule has 1 aromatic carbocycles. The molecule has 0 saturated carbocycles. The molecular formula is C19H21N3O3S. The number of carbonyl (C=O) groups is 2. The highest BCUT2D eigenvalue weighted by atomic mass is 32.1. The number of methoxy groups -OCH3 is 1. The smallest absolute Gasteiger partial charge is 0.228 e. The summed E-state index contributed by atoms with van der Waals surface area (Å²) in [6.45, 7) is 3.98. The standard InChI is InChI=1S/C19H21N3O3S/c1-12-22-17-18(24)15(10-16(23)19(17)26-12)21-9-3-8-20-11-13-4-6-14(25-2)7-5-13/h4-7,10,20-21H,3,8-9,11H2,1-2H3. The number of nitrogens with one attached hydrogen (secondary N) is 2. The van der Waals surface area contributed by atoms with E-state index in [4.69, 9.17) is 4.74 Å². The van der Waals surface area contributed by atoms with Crippen molar-refractivity contribution in [1.82, 2.24) is 15.6 Å². The Morgan fingerprint density at radius 1 is 1.15 bits per heavy atom. The summed E-state index contributed by atoms with van der Waals surface area (Å²) in [5.74, 6) is 0.497. The van der Waals surface area contributed by atoms with Gasteiger partial charge in [0, 0.05) is 19.2 Å². The van der Waals surface area contributed by atoms with Gasteiger partial charge in [0.05, 0.1) is 17.8 Å². The molecule has 0 amide bonds. The number of rotatable bonds is 8. The lowest BCUT2D eigenvalue weighted by molar-refractivity contribution is 0.0977. The van der Waals surface area contributed by atoms with Gasteiger partial charge in [-0.25, -0.2) is 4.98 Å². The van der Waals surface area contributed by atoms with E-state index in [9.17, 15) is 9.59 Å². The molecule has 1 aliphatic rings. The van der Waals surface area contributed by atoms with Crippen LogP contribution in [0.25, 0.3) is 0 Å². The summed E-state index contributed by atoms with van der Waals surface area (Å²) in [5, 5.41) is 7.15. The van der Waals surface area contributed by atoms with Gasteiger partial charge in [-0.15, -0.1) is 11.3 Å². The third-order valence-corrected chi connectivity index (χ3v) is 5.01. The molecule has 0 spiro atoms. The first kappa shape index (κ1) is 18.3. The molecule has 1 aromatic heterocycles. The Morgan fingerprint density at radius 2 is 1.92 bits per heavy atom. The molecule has 0 bridgehead atoms. The second-order valence-corrected chi connectivity index (χ2v) is 7.17. The zero-order valence-electron chi connectivity index (χ0n) is 14.8. The average molecular weight is 371 g/mol. The molecule has 26 heavy (non-hydrogen) atoms. The average Bonchev–Trinajstić information content (AvgIpc) is 3.05. The normalized spacial score (nSPS) is 13.4. The topological polar surface area (TPSA) is 80.3 Å². The number of hydrogen-bond donors (Lipinski definition) is 2. The van der Waals surface area contributed by atoms with Crippen LogP contribution in [0.5, 0.6) is 5.75 Å². The Balaban J connectivity index is 1.41. The van der Waals surface area contributed by atoms with Gasteiger partial charge in [0.15, 0.2) is 5.78 Å². The summed E-state index contributed by atoms with van der Waals surface area (Å²) in [6, 6.07) is 7.92. The van der Waals surface area contributed by atoms with Crippen LogP contribution in [0.2, 0.25) is 0 Å². The van der Waals surface area contributed by atoms with Crippen molar-refractivity contribution in [1.29, 1.82) is 0 Å². The van der Waals surface area contributed by atoms with Crippen molar-refractivity contribution in [3.05, 3.63) is 57.2 Å². The molecule has 0 fully saturated rings. The van der Waals surface area contributed by atoms with Gasteiger partial charge in [0.1, 0.15) is 16.3 Å². The van der Waals surface area contributed by atoms with Crippen LogP contribution in [0.1, 0.15) is 37.2 Å². The molecular weight excluding hydrogens is 350 g/mol.